The van der Waals surface area contributed by atoms with Crippen LogP contribution in [0.5, 0.6) is 0 Å². The van der Waals surface area contributed by atoms with Gasteiger partial charge in [-0.05, 0) is 39.3 Å². The molecule has 0 radical (unpaired) electrons. The molecule has 0 aliphatic heterocycles. The predicted octanol–water partition coefficient (Wildman–Crippen LogP) is 2.64. The monoisotopic (exact) mass is 295 g/mol. The van der Waals surface area contributed by atoms with Gasteiger partial charge in [0, 0.05) is 25.1 Å². The topological polar surface area (TPSA) is 58.4 Å². The first-order valence-electron chi connectivity index (χ1n) is 7.77. The van der Waals surface area contributed by atoms with E-state index in [1.165, 1.54) is 0 Å². The number of hydrogen-bond acceptors (Lipinski definition) is 4. The molecule has 0 bridgehead atoms. The smallest absolute Gasteiger partial charge is 0.273 e. The fraction of sp³-hybridized carbons (Fsp3) is 0.750. The normalized spacial score (nSPS) is 12.0. The largest absolute Gasteiger partial charge is 0.360 e. The minimum Gasteiger partial charge on any atom is -0.360 e. The lowest BCUT2D eigenvalue weighted by Crippen LogP contribution is -2.43. The number of aromatic nitrogens is 1. The molecule has 1 amide bonds. The van der Waals surface area contributed by atoms with Crippen molar-refractivity contribution in [3.05, 3.63) is 17.0 Å². The average molecular weight is 295 g/mol. The fourth-order valence-corrected chi connectivity index (χ4v) is 2.71. The number of amides is 1. The molecule has 0 saturated heterocycles. The molecule has 0 spiro atoms. The summed E-state index contributed by atoms with van der Waals surface area (Å²) >= 11 is 0. The Morgan fingerprint density at radius 3 is 2.33 bits per heavy atom. The first kappa shape index (κ1) is 17.7. The van der Waals surface area contributed by atoms with E-state index in [1.54, 1.807) is 0 Å². The molecule has 0 aliphatic rings. The Kier molecular flexibility index (Phi) is 6.40. The molecule has 1 aromatic heterocycles. The SMILES string of the molecule is CCc1onc(C(=O)NCC(CC)(CC)CN(C)C)c1C. The van der Waals surface area contributed by atoms with Crippen LogP contribution in [0.1, 0.15) is 55.4 Å². The summed E-state index contributed by atoms with van der Waals surface area (Å²) < 4.78 is 5.20. The second-order valence-electron chi connectivity index (χ2n) is 6.06. The van der Waals surface area contributed by atoms with Crippen LogP contribution in [0.15, 0.2) is 4.52 Å². The Balaban J connectivity index is 2.75. The van der Waals surface area contributed by atoms with Gasteiger partial charge in [-0.1, -0.05) is 25.9 Å². The Morgan fingerprint density at radius 2 is 1.90 bits per heavy atom. The zero-order chi connectivity index (χ0) is 16.0. The molecule has 0 atom stereocenters. The number of nitrogens with one attached hydrogen (secondary N) is 1. The van der Waals surface area contributed by atoms with Crippen molar-refractivity contribution in [3.8, 4) is 0 Å². The van der Waals surface area contributed by atoms with Gasteiger partial charge in [0.25, 0.3) is 5.91 Å². The second kappa shape index (κ2) is 7.59. The highest BCUT2D eigenvalue weighted by molar-refractivity contribution is 5.93. The number of carbonyl (C=O) groups excluding carboxylic acids is 1. The summed E-state index contributed by atoms with van der Waals surface area (Å²) in [6.07, 6.45) is 2.81. The molecule has 5 heteroatoms. The van der Waals surface area contributed by atoms with Crippen molar-refractivity contribution in [3.63, 3.8) is 0 Å². The molecule has 1 rings (SSSR count). The summed E-state index contributed by atoms with van der Waals surface area (Å²) in [4.78, 5) is 14.5. The van der Waals surface area contributed by atoms with Crippen LogP contribution >= 0.6 is 0 Å². The van der Waals surface area contributed by atoms with Crippen LogP contribution < -0.4 is 5.32 Å². The molecule has 1 heterocycles. The van der Waals surface area contributed by atoms with Gasteiger partial charge in [0.05, 0.1) is 0 Å². The zero-order valence-electron chi connectivity index (χ0n) is 14.2. The van der Waals surface area contributed by atoms with E-state index in [0.717, 1.165) is 37.1 Å². The highest BCUT2D eigenvalue weighted by Gasteiger charge is 2.28. The number of aryl methyl sites for hydroxylation is 1. The van der Waals surface area contributed by atoms with Crippen LogP contribution in [-0.4, -0.2) is 43.1 Å². The standard InChI is InChI=1S/C16H29N3O2/c1-7-13-12(4)14(18-21-13)15(20)17-10-16(8-2,9-3)11-19(5)6/h7-11H2,1-6H3,(H,17,20). The fourth-order valence-electron chi connectivity index (χ4n) is 2.71. The van der Waals surface area contributed by atoms with Crippen LogP contribution in [0.3, 0.4) is 0 Å². The summed E-state index contributed by atoms with van der Waals surface area (Å²) in [5.41, 5.74) is 1.36. The number of rotatable bonds is 8. The first-order valence-corrected chi connectivity index (χ1v) is 7.77. The van der Waals surface area contributed by atoms with E-state index in [0.29, 0.717) is 12.2 Å². The van der Waals surface area contributed by atoms with Gasteiger partial charge in [0.1, 0.15) is 5.76 Å². The average Bonchev–Trinajstić information content (AvgIpc) is 2.83. The van der Waals surface area contributed by atoms with E-state index in [9.17, 15) is 4.79 Å². The predicted molar refractivity (Wildman–Crippen MR) is 84.5 cm³/mol. The van der Waals surface area contributed by atoms with Crippen molar-refractivity contribution < 1.29 is 9.32 Å². The summed E-state index contributed by atoms with van der Waals surface area (Å²) in [6, 6.07) is 0. The molecule has 0 aliphatic carbocycles. The van der Waals surface area contributed by atoms with Crippen LogP contribution in [0, 0.1) is 12.3 Å². The van der Waals surface area contributed by atoms with Gasteiger partial charge >= 0.3 is 0 Å². The molecule has 21 heavy (non-hydrogen) atoms. The Bertz CT molecular complexity index is 462. The minimum absolute atomic E-state index is 0.102. The number of hydrogen-bond donors (Lipinski definition) is 1. The molecular weight excluding hydrogens is 266 g/mol. The van der Waals surface area contributed by atoms with Crippen molar-refractivity contribution in [2.24, 2.45) is 5.41 Å². The van der Waals surface area contributed by atoms with Gasteiger partial charge in [-0.25, -0.2) is 0 Å². The van der Waals surface area contributed by atoms with Crippen molar-refractivity contribution in [2.45, 2.75) is 47.0 Å². The molecule has 0 fully saturated rings. The third-order valence-corrected chi connectivity index (χ3v) is 4.33. The maximum atomic E-state index is 12.3. The van der Waals surface area contributed by atoms with Gasteiger partial charge in [0.15, 0.2) is 5.69 Å². The zero-order valence-corrected chi connectivity index (χ0v) is 14.2. The Morgan fingerprint density at radius 1 is 1.29 bits per heavy atom. The van der Waals surface area contributed by atoms with E-state index in [4.69, 9.17) is 4.52 Å². The summed E-state index contributed by atoms with van der Waals surface area (Å²) in [5.74, 6) is 0.645. The molecule has 1 N–H and O–H groups in total. The van der Waals surface area contributed by atoms with Crippen molar-refractivity contribution >= 4 is 5.91 Å². The van der Waals surface area contributed by atoms with E-state index >= 15 is 0 Å². The summed E-state index contributed by atoms with van der Waals surface area (Å²) in [6.45, 7) is 9.84. The lowest BCUT2D eigenvalue weighted by molar-refractivity contribution is 0.0899. The van der Waals surface area contributed by atoms with Crippen LogP contribution in [-0.2, 0) is 6.42 Å². The minimum atomic E-state index is -0.138. The van der Waals surface area contributed by atoms with Crippen LogP contribution in [0.25, 0.3) is 0 Å². The molecule has 1 aromatic rings. The van der Waals surface area contributed by atoms with Crippen LogP contribution in [0.2, 0.25) is 0 Å². The third kappa shape index (κ3) is 4.30. The quantitative estimate of drug-likeness (QED) is 0.801. The molecule has 120 valence electrons. The molecule has 5 nitrogen and oxygen atoms in total. The van der Waals surface area contributed by atoms with Gasteiger partial charge in [-0.3, -0.25) is 4.79 Å². The third-order valence-electron chi connectivity index (χ3n) is 4.33. The Hall–Kier alpha value is -1.36. The number of nitrogens with zero attached hydrogens (tertiary/aromatic N) is 2. The van der Waals surface area contributed by atoms with Gasteiger partial charge < -0.3 is 14.7 Å². The van der Waals surface area contributed by atoms with Crippen molar-refractivity contribution in [2.75, 3.05) is 27.2 Å². The van der Waals surface area contributed by atoms with Crippen molar-refractivity contribution in [1.82, 2.24) is 15.4 Å². The molecule has 0 unspecified atom stereocenters. The highest BCUT2D eigenvalue weighted by Crippen LogP contribution is 2.26. The van der Waals surface area contributed by atoms with E-state index in [2.05, 4.69) is 43.3 Å². The van der Waals surface area contributed by atoms with E-state index < -0.39 is 0 Å². The lowest BCUT2D eigenvalue weighted by Gasteiger charge is -2.34. The summed E-state index contributed by atoms with van der Waals surface area (Å²) in [5, 5.41) is 6.94. The van der Waals surface area contributed by atoms with Gasteiger partial charge in [-0.15, -0.1) is 0 Å². The summed E-state index contributed by atoms with van der Waals surface area (Å²) in [7, 11) is 4.13. The maximum absolute atomic E-state index is 12.3. The van der Waals surface area contributed by atoms with Gasteiger partial charge in [-0.2, -0.15) is 0 Å². The van der Waals surface area contributed by atoms with E-state index in [1.807, 2.05) is 13.8 Å². The Labute approximate surface area is 128 Å². The highest BCUT2D eigenvalue weighted by atomic mass is 16.5. The second-order valence-corrected chi connectivity index (χ2v) is 6.06. The van der Waals surface area contributed by atoms with Gasteiger partial charge in [0.2, 0.25) is 0 Å². The van der Waals surface area contributed by atoms with Crippen LogP contribution in [0.4, 0.5) is 0 Å². The lowest BCUT2D eigenvalue weighted by atomic mass is 9.81. The number of carbonyl (C=O) groups is 1. The molecule has 0 saturated carbocycles. The maximum Gasteiger partial charge on any atom is 0.273 e. The van der Waals surface area contributed by atoms with E-state index in [-0.39, 0.29) is 11.3 Å². The molecule has 0 aromatic carbocycles. The van der Waals surface area contributed by atoms with Crippen molar-refractivity contribution in [1.29, 1.82) is 0 Å². The molecular formula is C16H29N3O2. The first-order chi connectivity index (χ1) is 9.89.